The third-order valence-corrected chi connectivity index (χ3v) is 7.74. The van der Waals surface area contributed by atoms with Crippen molar-refractivity contribution < 1.29 is 0 Å². The van der Waals surface area contributed by atoms with Gasteiger partial charge in [-0.3, -0.25) is 0 Å². The van der Waals surface area contributed by atoms with Crippen molar-refractivity contribution >= 4 is 0 Å². The predicted octanol–water partition coefficient (Wildman–Crippen LogP) is 9.18. The summed E-state index contributed by atoms with van der Waals surface area (Å²) in [7, 11) is 0. The first-order chi connectivity index (χ1) is 13.7. The maximum Gasteiger partial charge on any atom is 0.0211 e. The van der Waals surface area contributed by atoms with Gasteiger partial charge >= 0.3 is 0 Å². The van der Waals surface area contributed by atoms with E-state index in [0.29, 0.717) is 0 Å². The zero-order chi connectivity index (χ0) is 20.5. The van der Waals surface area contributed by atoms with Gasteiger partial charge in [0.25, 0.3) is 0 Å². The lowest BCUT2D eigenvalue weighted by atomic mass is 9.65. The minimum atomic E-state index is 0.0999. The van der Waals surface area contributed by atoms with Crippen LogP contribution in [-0.4, -0.2) is 5.54 Å². The van der Waals surface area contributed by atoms with Crippen molar-refractivity contribution in [2.24, 2.45) is 17.6 Å². The monoisotopic (exact) mass is 393 g/mol. The van der Waals surface area contributed by atoms with Gasteiger partial charge in [-0.2, -0.15) is 0 Å². The van der Waals surface area contributed by atoms with Crippen LogP contribution in [0.1, 0.15) is 156 Å². The van der Waals surface area contributed by atoms with Crippen LogP contribution in [0.5, 0.6) is 0 Å². The Morgan fingerprint density at radius 1 is 0.679 bits per heavy atom. The molecule has 2 atom stereocenters. The maximum atomic E-state index is 7.46. The summed E-state index contributed by atoms with van der Waals surface area (Å²) in [5.41, 5.74) is 7.56. The first-order valence-corrected chi connectivity index (χ1v) is 13.5. The number of rotatable bonds is 13. The van der Waals surface area contributed by atoms with E-state index in [9.17, 15) is 0 Å². The van der Waals surface area contributed by atoms with Crippen LogP contribution in [0.15, 0.2) is 0 Å². The van der Waals surface area contributed by atoms with Crippen LogP contribution in [0.4, 0.5) is 0 Å². The molecule has 1 rings (SSSR count). The highest BCUT2D eigenvalue weighted by Crippen LogP contribution is 2.40. The summed E-state index contributed by atoms with van der Waals surface area (Å²) in [5.74, 6) is 1.50. The van der Waals surface area contributed by atoms with E-state index in [1.54, 1.807) is 0 Å². The molecule has 0 aliphatic heterocycles. The van der Waals surface area contributed by atoms with Crippen molar-refractivity contribution in [3.05, 3.63) is 0 Å². The highest BCUT2D eigenvalue weighted by Gasteiger charge is 2.39. The SMILES string of the molecule is CCCCCCCCC(N)(C(CC)CCCC)C1CCCCCCCCCC1. The van der Waals surface area contributed by atoms with Crippen LogP contribution in [0, 0.1) is 11.8 Å². The summed E-state index contributed by atoms with van der Waals surface area (Å²) in [4.78, 5) is 0. The lowest BCUT2D eigenvalue weighted by molar-refractivity contribution is 0.120. The fourth-order valence-electron chi connectivity index (χ4n) is 5.78. The Balaban J connectivity index is 2.78. The first-order valence-electron chi connectivity index (χ1n) is 13.5. The number of unbranched alkanes of at least 4 members (excludes halogenated alkanes) is 6. The summed E-state index contributed by atoms with van der Waals surface area (Å²) in [5, 5.41) is 0. The Labute approximate surface area is 179 Å². The molecular weight excluding hydrogens is 338 g/mol. The number of hydrogen-bond donors (Lipinski definition) is 1. The molecule has 0 heterocycles. The molecule has 168 valence electrons. The van der Waals surface area contributed by atoms with Crippen molar-refractivity contribution in [1.82, 2.24) is 0 Å². The molecule has 0 aromatic heterocycles. The van der Waals surface area contributed by atoms with Crippen molar-refractivity contribution in [2.75, 3.05) is 0 Å². The van der Waals surface area contributed by atoms with Gasteiger partial charge in [0, 0.05) is 5.54 Å². The van der Waals surface area contributed by atoms with E-state index in [1.807, 2.05) is 0 Å². The van der Waals surface area contributed by atoms with Crippen LogP contribution in [0.2, 0.25) is 0 Å². The highest BCUT2D eigenvalue weighted by atomic mass is 14.8. The van der Waals surface area contributed by atoms with Gasteiger partial charge in [0.1, 0.15) is 0 Å². The van der Waals surface area contributed by atoms with Gasteiger partial charge in [-0.1, -0.05) is 130 Å². The lowest BCUT2D eigenvalue weighted by Crippen LogP contribution is -2.53. The second kappa shape index (κ2) is 16.7. The molecule has 0 aromatic carbocycles. The lowest BCUT2D eigenvalue weighted by Gasteiger charge is -2.45. The second-order valence-corrected chi connectivity index (χ2v) is 9.98. The zero-order valence-electron chi connectivity index (χ0n) is 20.1. The predicted molar refractivity (Wildman–Crippen MR) is 128 cm³/mol. The van der Waals surface area contributed by atoms with Crippen LogP contribution < -0.4 is 5.73 Å². The molecule has 1 aliphatic rings. The highest BCUT2D eigenvalue weighted by molar-refractivity contribution is 4.96. The van der Waals surface area contributed by atoms with Crippen molar-refractivity contribution in [2.45, 2.75) is 161 Å². The van der Waals surface area contributed by atoms with Crippen molar-refractivity contribution in [3.8, 4) is 0 Å². The van der Waals surface area contributed by atoms with E-state index in [0.717, 1.165) is 11.8 Å². The third kappa shape index (κ3) is 10.1. The molecule has 1 heteroatoms. The zero-order valence-corrected chi connectivity index (χ0v) is 20.1. The molecule has 0 radical (unpaired) electrons. The van der Waals surface area contributed by atoms with E-state index in [1.165, 1.54) is 135 Å². The standard InChI is InChI=1S/C27H55N/c1-4-7-9-10-17-20-24-27(28,25(6-3)21-8-5-2)26-22-18-15-13-11-12-14-16-19-23-26/h25-26H,4-24,28H2,1-3H3. The van der Waals surface area contributed by atoms with Gasteiger partial charge in [-0.05, 0) is 37.5 Å². The molecule has 0 saturated heterocycles. The van der Waals surface area contributed by atoms with Gasteiger partial charge in [0.2, 0.25) is 0 Å². The van der Waals surface area contributed by atoms with Crippen molar-refractivity contribution in [3.63, 3.8) is 0 Å². The van der Waals surface area contributed by atoms with Gasteiger partial charge in [-0.25, -0.2) is 0 Å². The number of hydrogen-bond acceptors (Lipinski definition) is 1. The minimum absolute atomic E-state index is 0.0999. The fourth-order valence-corrected chi connectivity index (χ4v) is 5.78. The Morgan fingerprint density at radius 2 is 1.18 bits per heavy atom. The topological polar surface area (TPSA) is 26.0 Å². The fraction of sp³-hybridized carbons (Fsp3) is 1.00. The van der Waals surface area contributed by atoms with Gasteiger partial charge in [0.05, 0.1) is 0 Å². The van der Waals surface area contributed by atoms with Gasteiger partial charge in [-0.15, -0.1) is 0 Å². The summed E-state index contributed by atoms with van der Waals surface area (Å²) in [6.45, 7) is 7.06. The average molecular weight is 394 g/mol. The van der Waals surface area contributed by atoms with E-state index in [4.69, 9.17) is 5.73 Å². The summed E-state index contributed by atoms with van der Waals surface area (Å²) < 4.78 is 0. The van der Waals surface area contributed by atoms with Crippen LogP contribution in [0.25, 0.3) is 0 Å². The average Bonchev–Trinajstić information content (AvgIpc) is 2.77. The molecule has 28 heavy (non-hydrogen) atoms. The first kappa shape index (κ1) is 26.0. The number of nitrogens with two attached hydrogens (primary N) is 1. The third-order valence-electron chi connectivity index (χ3n) is 7.74. The van der Waals surface area contributed by atoms with E-state index >= 15 is 0 Å². The Bertz CT molecular complexity index is 327. The van der Waals surface area contributed by atoms with Crippen LogP contribution in [-0.2, 0) is 0 Å². The summed E-state index contributed by atoms with van der Waals surface area (Å²) in [6.07, 6.45) is 29.3. The Hall–Kier alpha value is -0.0400. The molecule has 1 nitrogen and oxygen atoms in total. The molecule has 1 saturated carbocycles. The Morgan fingerprint density at radius 3 is 1.71 bits per heavy atom. The second-order valence-electron chi connectivity index (χ2n) is 9.98. The molecule has 2 unspecified atom stereocenters. The Kier molecular flexibility index (Phi) is 15.5. The molecule has 0 spiro atoms. The summed E-state index contributed by atoms with van der Waals surface area (Å²) in [6, 6.07) is 0. The maximum absolute atomic E-state index is 7.46. The minimum Gasteiger partial charge on any atom is -0.325 e. The molecule has 1 fully saturated rings. The van der Waals surface area contributed by atoms with Gasteiger partial charge in [0.15, 0.2) is 0 Å². The largest absolute Gasteiger partial charge is 0.325 e. The molecule has 0 aromatic rings. The van der Waals surface area contributed by atoms with Crippen LogP contribution in [0.3, 0.4) is 0 Å². The quantitative estimate of drug-likeness (QED) is 0.310. The smallest absolute Gasteiger partial charge is 0.0211 e. The van der Waals surface area contributed by atoms with Crippen molar-refractivity contribution in [1.29, 1.82) is 0 Å². The van der Waals surface area contributed by atoms with E-state index < -0.39 is 0 Å². The summed E-state index contributed by atoms with van der Waals surface area (Å²) >= 11 is 0. The normalized spacial score (nSPS) is 21.0. The van der Waals surface area contributed by atoms with Crippen LogP contribution >= 0.6 is 0 Å². The van der Waals surface area contributed by atoms with E-state index in [2.05, 4.69) is 20.8 Å². The molecule has 0 bridgehead atoms. The molecule has 1 aliphatic carbocycles. The molecule has 2 N–H and O–H groups in total. The molecular formula is C27H55N. The van der Waals surface area contributed by atoms with Gasteiger partial charge < -0.3 is 5.73 Å². The molecule has 0 amide bonds. The van der Waals surface area contributed by atoms with E-state index in [-0.39, 0.29) is 5.54 Å².